The summed E-state index contributed by atoms with van der Waals surface area (Å²) in [6.07, 6.45) is 0. The van der Waals surface area contributed by atoms with Crippen LogP contribution in [0.1, 0.15) is 19.4 Å². The highest BCUT2D eigenvalue weighted by atomic mass is 32.2. The highest BCUT2D eigenvalue weighted by Crippen LogP contribution is 2.20. The number of thioether (sulfide) groups is 1. The lowest BCUT2D eigenvalue weighted by Gasteiger charge is -2.14. The maximum Gasteiger partial charge on any atom is 0.0157 e. The predicted octanol–water partition coefficient (Wildman–Crippen LogP) is 3.07. The van der Waals surface area contributed by atoms with Gasteiger partial charge in [0.25, 0.3) is 0 Å². The Kier molecular flexibility index (Phi) is 4.49. The summed E-state index contributed by atoms with van der Waals surface area (Å²) in [5, 5.41) is 0. The van der Waals surface area contributed by atoms with Gasteiger partial charge in [0.1, 0.15) is 0 Å². The number of rotatable bonds is 4. The lowest BCUT2D eigenvalue weighted by Crippen LogP contribution is -2.28. The van der Waals surface area contributed by atoms with Crippen molar-refractivity contribution in [2.75, 3.05) is 5.75 Å². The Labute approximate surface area is 91.1 Å². The predicted molar refractivity (Wildman–Crippen MR) is 64.7 cm³/mol. The van der Waals surface area contributed by atoms with Gasteiger partial charge < -0.3 is 5.73 Å². The van der Waals surface area contributed by atoms with Crippen LogP contribution in [0.15, 0.2) is 29.2 Å². The minimum Gasteiger partial charge on any atom is -0.327 e. The summed E-state index contributed by atoms with van der Waals surface area (Å²) in [5.74, 6) is 1.56. The molecule has 1 rings (SSSR count). The highest BCUT2D eigenvalue weighted by molar-refractivity contribution is 7.99. The van der Waals surface area contributed by atoms with Crippen molar-refractivity contribution < 1.29 is 0 Å². The van der Waals surface area contributed by atoms with Crippen LogP contribution >= 0.6 is 11.8 Å². The Hall–Kier alpha value is -0.470. The monoisotopic (exact) mass is 209 g/mol. The van der Waals surface area contributed by atoms with Gasteiger partial charge in [-0.1, -0.05) is 31.5 Å². The molecule has 0 saturated heterocycles. The van der Waals surface area contributed by atoms with Crippen molar-refractivity contribution in [1.29, 1.82) is 0 Å². The van der Waals surface area contributed by atoms with E-state index in [4.69, 9.17) is 5.73 Å². The average molecular weight is 209 g/mol. The molecule has 1 unspecified atom stereocenters. The molecule has 78 valence electrons. The van der Waals surface area contributed by atoms with Gasteiger partial charge in [-0.3, -0.25) is 0 Å². The minimum atomic E-state index is 0.292. The van der Waals surface area contributed by atoms with Gasteiger partial charge in [-0.15, -0.1) is 11.8 Å². The van der Waals surface area contributed by atoms with Crippen molar-refractivity contribution in [3.05, 3.63) is 29.8 Å². The second-order valence-corrected chi connectivity index (χ2v) is 5.13. The summed E-state index contributed by atoms with van der Waals surface area (Å²) >= 11 is 1.85. The van der Waals surface area contributed by atoms with E-state index in [0.29, 0.717) is 12.0 Å². The van der Waals surface area contributed by atoms with Gasteiger partial charge in [0, 0.05) is 16.7 Å². The lowest BCUT2D eigenvalue weighted by atomic mass is 10.1. The van der Waals surface area contributed by atoms with Crippen molar-refractivity contribution in [3.8, 4) is 0 Å². The molecule has 0 amide bonds. The molecular weight excluding hydrogens is 190 g/mol. The third-order valence-corrected chi connectivity index (χ3v) is 3.43. The zero-order valence-corrected chi connectivity index (χ0v) is 9.97. The molecule has 1 nitrogen and oxygen atoms in total. The third-order valence-electron chi connectivity index (χ3n) is 2.29. The summed E-state index contributed by atoms with van der Waals surface area (Å²) in [7, 11) is 0. The van der Waals surface area contributed by atoms with E-state index >= 15 is 0 Å². The second kappa shape index (κ2) is 5.42. The maximum absolute atomic E-state index is 5.98. The smallest absolute Gasteiger partial charge is 0.0157 e. The van der Waals surface area contributed by atoms with E-state index in [-0.39, 0.29) is 0 Å². The molecule has 0 heterocycles. The van der Waals surface area contributed by atoms with Crippen LogP contribution in [0.5, 0.6) is 0 Å². The molecule has 0 fully saturated rings. The average Bonchev–Trinajstić information content (AvgIpc) is 2.14. The van der Waals surface area contributed by atoms with Crippen LogP contribution in [0.2, 0.25) is 0 Å². The molecule has 1 aromatic rings. The Morgan fingerprint density at radius 2 is 2.07 bits per heavy atom. The fourth-order valence-corrected chi connectivity index (χ4v) is 2.30. The maximum atomic E-state index is 5.98. The number of nitrogens with two attached hydrogens (primary N) is 1. The molecule has 14 heavy (non-hydrogen) atoms. The fourth-order valence-electron chi connectivity index (χ4n) is 1.09. The summed E-state index contributed by atoms with van der Waals surface area (Å²) in [5.41, 5.74) is 7.29. The standard InChI is InChI=1S/C12H19NS/c1-9(2)12(13)8-14-11-6-4-5-10(3)7-11/h4-7,9,12H,8,13H2,1-3H3. The first kappa shape index (κ1) is 11.6. The van der Waals surface area contributed by atoms with E-state index in [9.17, 15) is 0 Å². The van der Waals surface area contributed by atoms with Gasteiger partial charge in [0.05, 0.1) is 0 Å². The Morgan fingerprint density at radius 3 is 2.64 bits per heavy atom. The first-order chi connectivity index (χ1) is 6.59. The number of hydrogen-bond donors (Lipinski definition) is 1. The molecule has 0 saturated carbocycles. The van der Waals surface area contributed by atoms with Crippen LogP contribution in [0.25, 0.3) is 0 Å². The van der Waals surface area contributed by atoms with Crippen molar-refractivity contribution in [3.63, 3.8) is 0 Å². The summed E-state index contributed by atoms with van der Waals surface area (Å²) in [4.78, 5) is 1.32. The van der Waals surface area contributed by atoms with Gasteiger partial charge in [0.15, 0.2) is 0 Å². The molecule has 2 heteroatoms. The zero-order valence-electron chi connectivity index (χ0n) is 9.16. The second-order valence-electron chi connectivity index (χ2n) is 4.04. The Morgan fingerprint density at radius 1 is 1.36 bits per heavy atom. The van der Waals surface area contributed by atoms with Gasteiger partial charge in [-0.05, 0) is 25.0 Å². The topological polar surface area (TPSA) is 26.0 Å². The van der Waals surface area contributed by atoms with Gasteiger partial charge >= 0.3 is 0 Å². The number of aryl methyl sites for hydroxylation is 1. The highest BCUT2D eigenvalue weighted by Gasteiger charge is 2.07. The van der Waals surface area contributed by atoms with Crippen molar-refractivity contribution in [2.24, 2.45) is 11.7 Å². The molecule has 1 atom stereocenters. The molecule has 1 aromatic carbocycles. The van der Waals surface area contributed by atoms with Crippen molar-refractivity contribution >= 4 is 11.8 Å². The van der Waals surface area contributed by atoms with Gasteiger partial charge in [-0.25, -0.2) is 0 Å². The van der Waals surface area contributed by atoms with Gasteiger partial charge in [0.2, 0.25) is 0 Å². The summed E-state index contributed by atoms with van der Waals surface area (Å²) in [6, 6.07) is 8.86. The number of hydrogen-bond acceptors (Lipinski definition) is 2. The summed E-state index contributed by atoms with van der Waals surface area (Å²) < 4.78 is 0. The van der Waals surface area contributed by atoms with Crippen molar-refractivity contribution in [2.45, 2.75) is 31.7 Å². The van der Waals surface area contributed by atoms with Crippen LogP contribution in [-0.4, -0.2) is 11.8 Å². The molecule has 0 bridgehead atoms. The Balaban J connectivity index is 2.45. The SMILES string of the molecule is Cc1cccc(SCC(N)C(C)C)c1. The fraction of sp³-hybridized carbons (Fsp3) is 0.500. The molecule has 0 aliphatic carbocycles. The van der Waals surface area contributed by atoms with E-state index in [1.165, 1.54) is 10.5 Å². The van der Waals surface area contributed by atoms with E-state index in [1.54, 1.807) is 0 Å². The normalized spacial score (nSPS) is 13.2. The largest absolute Gasteiger partial charge is 0.327 e. The van der Waals surface area contributed by atoms with Gasteiger partial charge in [-0.2, -0.15) is 0 Å². The first-order valence-corrected chi connectivity index (χ1v) is 6.03. The van der Waals surface area contributed by atoms with E-state index in [0.717, 1.165) is 5.75 Å². The molecule has 0 spiro atoms. The van der Waals surface area contributed by atoms with Crippen LogP contribution in [0, 0.1) is 12.8 Å². The quantitative estimate of drug-likeness (QED) is 0.771. The molecule has 0 aromatic heterocycles. The molecule has 0 aliphatic rings. The summed E-state index contributed by atoms with van der Waals surface area (Å²) in [6.45, 7) is 6.45. The third kappa shape index (κ3) is 3.72. The van der Waals surface area contributed by atoms with Crippen molar-refractivity contribution in [1.82, 2.24) is 0 Å². The van der Waals surface area contributed by atoms with E-state index in [1.807, 2.05) is 11.8 Å². The molecular formula is C12H19NS. The molecule has 2 N–H and O–H groups in total. The van der Waals surface area contributed by atoms with Crippen LogP contribution in [-0.2, 0) is 0 Å². The first-order valence-electron chi connectivity index (χ1n) is 5.04. The molecule has 0 aliphatic heterocycles. The van der Waals surface area contributed by atoms with Crippen LogP contribution in [0.3, 0.4) is 0 Å². The van der Waals surface area contributed by atoms with Crippen LogP contribution in [0.4, 0.5) is 0 Å². The number of benzene rings is 1. The zero-order chi connectivity index (χ0) is 10.6. The van der Waals surface area contributed by atoms with Crippen LogP contribution < -0.4 is 5.73 Å². The van der Waals surface area contributed by atoms with E-state index in [2.05, 4.69) is 45.0 Å². The minimum absolute atomic E-state index is 0.292. The lowest BCUT2D eigenvalue weighted by molar-refractivity contribution is 0.535. The Bertz CT molecular complexity index is 283. The molecule has 0 radical (unpaired) electrons. The van der Waals surface area contributed by atoms with E-state index < -0.39 is 0 Å².